The summed E-state index contributed by atoms with van der Waals surface area (Å²) >= 11 is 0. The molecule has 23 heteroatoms. The van der Waals surface area contributed by atoms with E-state index in [9.17, 15) is 47.1 Å². The van der Waals surface area contributed by atoms with Gasteiger partial charge in [0, 0.05) is 18.7 Å². The molecule has 0 spiro atoms. The second kappa shape index (κ2) is 41.7. The van der Waals surface area contributed by atoms with Crippen LogP contribution in [-0.2, 0) is 50.1 Å². The molecule has 0 aliphatic heterocycles. The molecule has 0 heterocycles. The van der Waals surface area contributed by atoms with Crippen LogP contribution in [0.4, 0.5) is 0 Å². The van der Waals surface area contributed by atoms with E-state index in [1.54, 1.807) is 12.1 Å². The number of amides is 7. The van der Waals surface area contributed by atoms with Gasteiger partial charge >= 0.3 is 0 Å². The highest BCUT2D eigenvalue weighted by molar-refractivity contribution is 7.85. The monoisotopic (exact) mass is 1120 g/mol. The third-order valence-electron chi connectivity index (χ3n) is 13.3. The molecule has 0 radical (unpaired) electrons. The average Bonchev–Trinajstić information content (AvgIpc) is 3.39. The zero-order valence-electron chi connectivity index (χ0n) is 47.3. The highest BCUT2D eigenvalue weighted by Gasteiger charge is 2.32. The minimum atomic E-state index is -4.34. The van der Waals surface area contributed by atoms with E-state index in [0.29, 0.717) is 70.3 Å². The van der Waals surface area contributed by atoms with Gasteiger partial charge in [-0.05, 0) is 129 Å². The lowest BCUT2D eigenvalue weighted by Crippen LogP contribution is -2.59. The molecule has 0 bridgehead atoms. The van der Waals surface area contributed by atoms with Gasteiger partial charge in [0.2, 0.25) is 41.4 Å². The zero-order chi connectivity index (χ0) is 58.3. The molecule has 0 saturated heterocycles. The molecule has 0 aliphatic carbocycles. The molecule has 0 aliphatic rings. The molecule has 1 aromatic rings. The second-order valence-electron chi connectivity index (χ2n) is 20.5. The van der Waals surface area contributed by atoms with Gasteiger partial charge in [-0.15, -0.1) is 0 Å². The van der Waals surface area contributed by atoms with Crippen molar-refractivity contribution in [2.24, 2.45) is 17.2 Å². The highest BCUT2D eigenvalue weighted by Crippen LogP contribution is 2.16. The first-order chi connectivity index (χ1) is 37.1. The smallest absolute Gasteiger partial charge is 0.266 e. The number of rotatable bonds is 46. The van der Waals surface area contributed by atoms with Crippen LogP contribution in [0.1, 0.15) is 181 Å². The van der Waals surface area contributed by atoms with Crippen molar-refractivity contribution in [2.45, 2.75) is 224 Å². The van der Waals surface area contributed by atoms with Crippen molar-refractivity contribution in [2.75, 3.05) is 31.9 Å². The summed E-state index contributed by atoms with van der Waals surface area (Å²) in [6.07, 6.45) is 20.0. The van der Waals surface area contributed by atoms with Crippen molar-refractivity contribution in [1.29, 1.82) is 0 Å². The minimum Gasteiger partial charge on any atom is -0.508 e. The number of nitrogens with two attached hydrogens (primary N) is 3. The van der Waals surface area contributed by atoms with Crippen LogP contribution in [0.3, 0.4) is 0 Å². The Bertz CT molecular complexity index is 2050. The van der Waals surface area contributed by atoms with Crippen molar-refractivity contribution in [3.63, 3.8) is 0 Å². The number of benzene rings is 1. The fraction of sp³-hybridized carbons (Fsp3) is 0.727. The average molecular weight is 1120 g/mol. The van der Waals surface area contributed by atoms with Crippen molar-refractivity contribution in [3.05, 3.63) is 42.1 Å². The first-order valence-corrected chi connectivity index (χ1v) is 30.1. The third-order valence-corrected chi connectivity index (χ3v) is 14.0. The summed E-state index contributed by atoms with van der Waals surface area (Å²) in [4.78, 5) is 95.1. The van der Waals surface area contributed by atoms with Gasteiger partial charge in [0.1, 0.15) is 48.0 Å². The van der Waals surface area contributed by atoms with Crippen LogP contribution < -0.4 is 59.7 Å². The van der Waals surface area contributed by atoms with Crippen LogP contribution in [-0.4, -0.2) is 134 Å². The number of carbonyl (C=O) groups is 7. The highest BCUT2D eigenvalue weighted by atomic mass is 32.2. The number of unbranched alkanes of at least 4 members (excludes halogenated alkanes) is 15. The Labute approximate surface area is 465 Å². The van der Waals surface area contributed by atoms with E-state index in [-0.39, 0.29) is 31.4 Å². The molecule has 7 unspecified atom stereocenters. The fourth-order valence-corrected chi connectivity index (χ4v) is 8.86. The molecule has 0 fully saturated rings. The van der Waals surface area contributed by atoms with E-state index < -0.39 is 106 Å². The largest absolute Gasteiger partial charge is 0.508 e. The normalized spacial score (nSPS) is 14.1. The van der Waals surface area contributed by atoms with E-state index in [2.05, 4.69) is 56.0 Å². The predicted octanol–water partition coefficient (Wildman–Crippen LogP) is 3.25. The van der Waals surface area contributed by atoms with Crippen molar-refractivity contribution in [3.8, 4) is 5.75 Å². The summed E-state index contributed by atoms with van der Waals surface area (Å²) in [6, 6.07) is -1.32. The summed E-state index contributed by atoms with van der Waals surface area (Å²) in [5.74, 6) is -5.42. The molecule has 7 atom stereocenters. The van der Waals surface area contributed by atoms with E-state index in [4.69, 9.17) is 21.8 Å². The quantitative estimate of drug-likeness (QED) is 0.0329. The second-order valence-corrected chi connectivity index (χ2v) is 22.0. The fourth-order valence-electron chi connectivity index (χ4n) is 8.50. The molecule has 22 nitrogen and oxygen atoms in total. The molecule has 0 saturated carbocycles. The number of carbonyl (C=O) groups excluding carboxylic acids is 7. The Hall–Kier alpha value is -5.36. The molecule has 1 rings (SSSR count). The maximum absolute atomic E-state index is 13.9. The van der Waals surface area contributed by atoms with Crippen molar-refractivity contribution >= 4 is 51.5 Å². The molecule has 7 amide bonds. The molecule has 1 aromatic carbocycles. The maximum Gasteiger partial charge on any atom is 0.266 e. The van der Waals surface area contributed by atoms with Gasteiger partial charge in [-0.2, -0.15) is 8.42 Å². The first-order valence-electron chi connectivity index (χ1n) is 28.5. The van der Waals surface area contributed by atoms with Crippen molar-refractivity contribution < 1.29 is 51.6 Å². The van der Waals surface area contributed by atoms with Gasteiger partial charge in [-0.1, -0.05) is 103 Å². The van der Waals surface area contributed by atoms with E-state index >= 15 is 0 Å². The third kappa shape index (κ3) is 33.2. The van der Waals surface area contributed by atoms with Crippen LogP contribution in [0.2, 0.25) is 0 Å². The molecule has 0 aromatic heterocycles. The summed E-state index contributed by atoms with van der Waals surface area (Å²) in [6.45, 7) is 11.2. The SMILES string of the molecule is C=C(CCCCCCCCCCCCCCC)NC(Cc1ccc(O)cc1)C(=O)NC(C)C(=O)NC(CCCCN)C(=O)NC(C)C(=O)NC(CCCCN)C(=O)NC(CCCCN)C(=O)NC(C)C(=O)NCCS(=O)(=O)O. The number of phenolic OH excluding ortho intramolecular Hbond substituents is 1. The summed E-state index contributed by atoms with van der Waals surface area (Å²) in [5.41, 5.74) is 18.6. The number of phenols is 1. The lowest BCUT2D eigenvalue weighted by Gasteiger charge is -2.26. The number of hydrogen-bond donors (Lipinski definition) is 13. The van der Waals surface area contributed by atoms with Crippen LogP contribution in [0.25, 0.3) is 0 Å². The zero-order valence-corrected chi connectivity index (χ0v) is 48.1. The maximum atomic E-state index is 13.9. The summed E-state index contributed by atoms with van der Waals surface area (Å²) in [7, 11) is -4.34. The van der Waals surface area contributed by atoms with Gasteiger partial charge in [0.25, 0.3) is 10.1 Å². The predicted molar refractivity (Wildman–Crippen MR) is 305 cm³/mol. The van der Waals surface area contributed by atoms with Gasteiger partial charge in [-0.25, -0.2) is 0 Å². The topological polar surface area (TPSA) is 368 Å². The number of aromatic hydroxyl groups is 1. The van der Waals surface area contributed by atoms with Gasteiger partial charge in [0.15, 0.2) is 0 Å². The van der Waals surface area contributed by atoms with E-state index in [1.807, 2.05) is 0 Å². The lowest BCUT2D eigenvalue weighted by atomic mass is 10.0. The first kappa shape index (κ1) is 70.7. The molecule has 446 valence electrons. The number of hydrogen-bond acceptors (Lipinski definition) is 14. The van der Waals surface area contributed by atoms with Crippen LogP contribution >= 0.6 is 0 Å². The van der Waals surface area contributed by atoms with Crippen LogP contribution in [0.5, 0.6) is 5.75 Å². The minimum absolute atomic E-state index is 0.0802. The summed E-state index contributed by atoms with van der Waals surface area (Å²) < 4.78 is 31.1. The van der Waals surface area contributed by atoms with Gasteiger partial charge in [0.05, 0.1) is 5.75 Å². The standard InChI is InChI=1S/C55H99N11O11S/c1-6-7-8-9-10-11-12-13-14-15-16-17-18-25-39(2)60-48(38-43-29-31-44(67)32-30-43)55(74)63-42(5)51(70)64-45(26-19-22-33-56)52(71)62-41(4)50(69)65-47(28-21-24-35-58)54(73)66-46(27-20-23-34-57)53(72)61-40(3)49(68)59-36-37-78(75,76)77/h29-32,40-42,45-48,60,67H,2,6-28,33-38,56-58H2,1,3-5H3,(H,59,68)(H,61,72)(H,62,71)(H,63,74)(H,64,70)(H,65,69)(H,66,73)(H,75,76,77). The Morgan fingerprint density at radius 3 is 1.24 bits per heavy atom. The van der Waals surface area contributed by atoms with Crippen molar-refractivity contribution in [1.82, 2.24) is 42.5 Å². The lowest BCUT2D eigenvalue weighted by molar-refractivity contribution is -0.135. The van der Waals surface area contributed by atoms with Crippen LogP contribution in [0.15, 0.2) is 36.5 Å². The Morgan fingerprint density at radius 1 is 0.487 bits per heavy atom. The Balaban J connectivity index is 3.04. The van der Waals surface area contributed by atoms with Crippen LogP contribution in [0, 0.1) is 0 Å². The van der Waals surface area contributed by atoms with Gasteiger partial charge < -0.3 is 64.8 Å². The number of allylic oxidation sites excluding steroid dienone is 1. The summed E-state index contributed by atoms with van der Waals surface area (Å²) in [5, 5.41) is 31.4. The molecular weight excluding hydrogens is 1020 g/mol. The number of nitrogens with one attached hydrogen (secondary N) is 8. The Kier molecular flexibility index (Phi) is 37.7. The Morgan fingerprint density at radius 2 is 0.846 bits per heavy atom. The van der Waals surface area contributed by atoms with E-state index in [0.717, 1.165) is 24.8 Å². The van der Waals surface area contributed by atoms with Gasteiger partial charge in [-0.3, -0.25) is 38.1 Å². The molecule has 78 heavy (non-hydrogen) atoms. The molecule has 16 N–H and O–H groups in total. The van der Waals surface area contributed by atoms with E-state index in [1.165, 1.54) is 97.1 Å². The molecular formula is C55H99N11O11S.